The minimum atomic E-state index is -0.704. The number of Topliss-reactive ketones (excluding diaryl/α,β-unsaturated/α-hetero) is 1. The Bertz CT molecular complexity index is 223. The maximum atomic E-state index is 11.4. The molecule has 0 unspecified atom stereocenters. The topological polar surface area (TPSA) is 63.4 Å². The number of nitrogens with two attached hydrogens (primary N) is 1. The van der Waals surface area contributed by atoms with E-state index in [9.17, 15) is 9.59 Å². The first kappa shape index (κ1) is 9.03. The van der Waals surface area contributed by atoms with Gasteiger partial charge >= 0.3 is 6.03 Å². The van der Waals surface area contributed by atoms with Gasteiger partial charge in [0.25, 0.3) is 0 Å². The van der Waals surface area contributed by atoms with Gasteiger partial charge < -0.3 is 10.6 Å². The molecule has 4 nitrogen and oxygen atoms in total. The Balaban J connectivity index is 2.86. The summed E-state index contributed by atoms with van der Waals surface area (Å²) in [6, 6.07) is -0.506. The summed E-state index contributed by atoms with van der Waals surface area (Å²) >= 11 is 0. The minimum Gasteiger partial charge on any atom is -0.351 e. The number of likely N-dealkylation sites (tertiary alicyclic amines) is 1. The van der Waals surface area contributed by atoms with E-state index in [0.29, 0.717) is 13.0 Å². The molecule has 0 aliphatic carbocycles. The maximum absolute atomic E-state index is 11.4. The maximum Gasteiger partial charge on any atom is 0.315 e. The molecule has 1 rings (SSSR count). The van der Waals surface area contributed by atoms with Gasteiger partial charge in [0.15, 0.2) is 5.78 Å². The fourth-order valence-electron chi connectivity index (χ4n) is 1.52. The predicted octanol–water partition coefficient (Wildman–Crippen LogP) is 0.509. The van der Waals surface area contributed by atoms with E-state index in [1.54, 1.807) is 13.8 Å². The first-order chi connectivity index (χ1) is 5.46. The van der Waals surface area contributed by atoms with E-state index in [2.05, 4.69) is 0 Å². The average Bonchev–Trinajstić information content (AvgIpc) is 1.94. The van der Waals surface area contributed by atoms with Crippen LogP contribution in [0.2, 0.25) is 0 Å². The van der Waals surface area contributed by atoms with Crippen LogP contribution >= 0.6 is 0 Å². The molecular weight excluding hydrogens is 156 g/mol. The lowest BCUT2D eigenvalue weighted by atomic mass is 9.89. The van der Waals surface area contributed by atoms with Crippen molar-refractivity contribution in [3.63, 3.8) is 0 Å². The number of amides is 2. The van der Waals surface area contributed by atoms with Gasteiger partial charge in [-0.25, -0.2) is 4.79 Å². The van der Waals surface area contributed by atoms with Crippen LogP contribution in [0, 0.1) is 0 Å². The normalized spacial score (nSPS) is 22.5. The lowest BCUT2D eigenvalue weighted by Gasteiger charge is -2.39. The first-order valence-electron chi connectivity index (χ1n) is 4.06. The Morgan fingerprint density at radius 3 is 2.58 bits per heavy atom. The van der Waals surface area contributed by atoms with Crippen LogP contribution < -0.4 is 5.73 Å². The first-order valence-corrected chi connectivity index (χ1v) is 4.06. The SMILES string of the molecule is CC1(C)C(=O)CCCN1C(N)=O. The fourth-order valence-corrected chi connectivity index (χ4v) is 1.52. The van der Waals surface area contributed by atoms with E-state index in [0.717, 1.165) is 6.42 Å². The van der Waals surface area contributed by atoms with Crippen molar-refractivity contribution in [1.29, 1.82) is 0 Å². The largest absolute Gasteiger partial charge is 0.351 e. The Hall–Kier alpha value is -1.06. The van der Waals surface area contributed by atoms with Crippen LogP contribution in [-0.4, -0.2) is 28.8 Å². The molecular formula is C8H14N2O2. The summed E-state index contributed by atoms with van der Waals surface area (Å²) in [5.41, 5.74) is 4.44. The monoisotopic (exact) mass is 170 g/mol. The van der Waals surface area contributed by atoms with Gasteiger partial charge in [-0.15, -0.1) is 0 Å². The zero-order valence-electron chi connectivity index (χ0n) is 7.46. The van der Waals surface area contributed by atoms with Crippen LogP contribution in [0.5, 0.6) is 0 Å². The van der Waals surface area contributed by atoms with Crippen molar-refractivity contribution in [2.45, 2.75) is 32.2 Å². The second kappa shape index (κ2) is 2.77. The Morgan fingerprint density at radius 2 is 2.17 bits per heavy atom. The number of ketones is 1. The number of piperidine rings is 1. The fraction of sp³-hybridized carbons (Fsp3) is 0.750. The average molecular weight is 170 g/mol. The molecule has 1 aliphatic rings. The molecule has 2 N–H and O–H groups in total. The van der Waals surface area contributed by atoms with E-state index >= 15 is 0 Å². The van der Waals surface area contributed by atoms with E-state index in [4.69, 9.17) is 5.73 Å². The van der Waals surface area contributed by atoms with Crippen molar-refractivity contribution in [3.05, 3.63) is 0 Å². The standard InChI is InChI=1S/C8H14N2O2/c1-8(2)6(11)4-3-5-10(8)7(9)12/h3-5H2,1-2H3,(H2,9,12). The van der Waals surface area contributed by atoms with Crippen LogP contribution in [0.4, 0.5) is 4.79 Å². The quantitative estimate of drug-likeness (QED) is 0.575. The lowest BCUT2D eigenvalue weighted by molar-refractivity contribution is -0.130. The number of urea groups is 1. The molecule has 4 heteroatoms. The van der Waals surface area contributed by atoms with Gasteiger partial charge in [-0.2, -0.15) is 0 Å². The zero-order valence-corrected chi connectivity index (χ0v) is 7.46. The highest BCUT2D eigenvalue weighted by molar-refractivity contribution is 5.92. The lowest BCUT2D eigenvalue weighted by Crippen LogP contribution is -2.57. The molecule has 0 radical (unpaired) electrons. The summed E-state index contributed by atoms with van der Waals surface area (Å²) in [5, 5.41) is 0. The molecule has 0 bridgehead atoms. The summed E-state index contributed by atoms with van der Waals surface area (Å²) in [6.07, 6.45) is 1.28. The number of rotatable bonds is 0. The minimum absolute atomic E-state index is 0.0903. The number of carbonyl (C=O) groups excluding carboxylic acids is 2. The van der Waals surface area contributed by atoms with Gasteiger partial charge in [-0.05, 0) is 20.3 Å². The van der Waals surface area contributed by atoms with Gasteiger partial charge in [0, 0.05) is 13.0 Å². The zero-order chi connectivity index (χ0) is 9.35. The highest BCUT2D eigenvalue weighted by Gasteiger charge is 2.38. The third-order valence-electron chi connectivity index (χ3n) is 2.41. The number of hydrogen-bond acceptors (Lipinski definition) is 2. The third-order valence-corrected chi connectivity index (χ3v) is 2.41. The van der Waals surface area contributed by atoms with E-state index in [1.807, 2.05) is 0 Å². The molecule has 1 heterocycles. The van der Waals surface area contributed by atoms with Gasteiger partial charge in [-0.3, -0.25) is 4.79 Å². The molecule has 0 atom stereocenters. The predicted molar refractivity (Wildman–Crippen MR) is 44.6 cm³/mol. The van der Waals surface area contributed by atoms with Crippen LogP contribution in [0.15, 0.2) is 0 Å². The highest BCUT2D eigenvalue weighted by atomic mass is 16.2. The van der Waals surface area contributed by atoms with Crippen molar-refractivity contribution in [2.75, 3.05) is 6.54 Å². The van der Waals surface area contributed by atoms with Crippen LogP contribution in [0.25, 0.3) is 0 Å². The summed E-state index contributed by atoms with van der Waals surface area (Å²) in [7, 11) is 0. The van der Waals surface area contributed by atoms with Crippen LogP contribution in [-0.2, 0) is 4.79 Å². The van der Waals surface area contributed by atoms with E-state index < -0.39 is 11.6 Å². The Morgan fingerprint density at radius 1 is 1.58 bits per heavy atom. The van der Waals surface area contributed by atoms with Crippen molar-refractivity contribution in [2.24, 2.45) is 5.73 Å². The van der Waals surface area contributed by atoms with Gasteiger partial charge in [0.1, 0.15) is 0 Å². The summed E-state index contributed by atoms with van der Waals surface area (Å²) in [5.74, 6) is 0.0903. The molecule has 1 saturated heterocycles. The Labute approximate surface area is 71.7 Å². The van der Waals surface area contributed by atoms with Crippen LogP contribution in [0.1, 0.15) is 26.7 Å². The molecule has 2 amide bonds. The number of primary amides is 1. The van der Waals surface area contributed by atoms with Gasteiger partial charge in [0.05, 0.1) is 5.54 Å². The molecule has 0 spiro atoms. The smallest absolute Gasteiger partial charge is 0.315 e. The number of hydrogen-bond donors (Lipinski definition) is 1. The molecule has 0 saturated carbocycles. The third kappa shape index (κ3) is 1.29. The van der Waals surface area contributed by atoms with Gasteiger partial charge in [-0.1, -0.05) is 0 Å². The van der Waals surface area contributed by atoms with Crippen molar-refractivity contribution in [1.82, 2.24) is 4.90 Å². The molecule has 0 aromatic rings. The number of nitrogens with zero attached hydrogens (tertiary/aromatic N) is 1. The van der Waals surface area contributed by atoms with Crippen molar-refractivity contribution >= 4 is 11.8 Å². The van der Waals surface area contributed by atoms with E-state index in [-0.39, 0.29) is 5.78 Å². The van der Waals surface area contributed by atoms with Crippen molar-refractivity contribution in [3.8, 4) is 0 Å². The van der Waals surface area contributed by atoms with Crippen molar-refractivity contribution < 1.29 is 9.59 Å². The molecule has 0 aromatic heterocycles. The Kier molecular flexibility index (Phi) is 2.08. The highest BCUT2D eigenvalue weighted by Crippen LogP contribution is 2.23. The summed E-state index contributed by atoms with van der Waals surface area (Å²) < 4.78 is 0. The molecule has 1 fully saturated rings. The second-order valence-electron chi connectivity index (χ2n) is 3.58. The van der Waals surface area contributed by atoms with Gasteiger partial charge in [0.2, 0.25) is 0 Å². The molecule has 12 heavy (non-hydrogen) atoms. The summed E-state index contributed by atoms with van der Waals surface area (Å²) in [6.45, 7) is 4.06. The van der Waals surface area contributed by atoms with Crippen LogP contribution in [0.3, 0.4) is 0 Å². The summed E-state index contributed by atoms with van der Waals surface area (Å²) in [4.78, 5) is 23.7. The van der Waals surface area contributed by atoms with E-state index in [1.165, 1.54) is 4.90 Å². The molecule has 0 aromatic carbocycles. The molecule has 68 valence electrons. The molecule has 1 aliphatic heterocycles. The second-order valence-corrected chi connectivity index (χ2v) is 3.58. The number of carbonyl (C=O) groups is 2.